The van der Waals surface area contributed by atoms with Gasteiger partial charge in [0.15, 0.2) is 0 Å². The van der Waals surface area contributed by atoms with Crippen LogP contribution >= 0.6 is 0 Å². The Morgan fingerprint density at radius 1 is 0.862 bits per heavy atom. The topological polar surface area (TPSA) is 79.8 Å². The molecule has 0 unspecified atom stereocenters. The van der Waals surface area contributed by atoms with E-state index in [-0.39, 0.29) is 29.1 Å². The minimum atomic E-state index is -0.539. The highest BCUT2D eigenvalue weighted by Gasteiger charge is 2.19. The SMILES string of the molecule is COC(=O)c1c(/C=C/c2ccccc2)cccc1Oc1nc(OC)cc(OC)n1. The molecule has 0 atom stereocenters. The summed E-state index contributed by atoms with van der Waals surface area (Å²) in [5.74, 6) is 0.253. The van der Waals surface area contributed by atoms with Crippen LogP contribution in [0.5, 0.6) is 23.5 Å². The first kappa shape index (κ1) is 19.9. The molecule has 0 bridgehead atoms. The number of ether oxygens (including phenoxy) is 4. The first-order chi connectivity index (χ1) is 14.1. The molecule has 0 spiro atoms. The van der Waals surface area contributed by atoms with E-state index in [1.54, 1.807) is 18.2 Å². The van der Waals surface area contributed by atoms with Crippen LogP contribution in [0.1, 0.15) is 21.5 Å². The Bertz CT molecular complexity index is 997. The second kappa shape index (κ2) is 9.36. The van der Waals surface area contributed by atoms with Crippen LogP contribution in [-0.4, -0.2) is 37.3 Å². The number of methoxy groups -OCH3 is 3. The van der Waals surface area contributed by atoms with Gasteiger partial charge in [0.05, 0.1) is 27.4 Å². The van der Waals surface area contributed by atoms with E-state index < -0.39 is 5.97 Å². The van der Waals surface area contributed by atoms with Gasteiger partial charge < -0.3 is 18.9 Å². The zero-order valence-electron chi connectivity index (χ0n) is 16.3. The highest BCUT2D eigenvalue weighted by Crippen LogP contribution is 2.30. The van der Waals surface area contributed by atoms with Gasteiger partial charge in [0.25, 0.3) is 0 Å². The summed E-state index contributed by atoms with van der Waals surface area (Å²) in [5.41, 5.74) is 1.89. The van der Waals surface area contributed by atoms with Crippen molar-refractivity contribution in [1.29, 1.82) is 0 Å². The fourth-order valence-electron chi connectivity index (χ4n) is 2.58. The van der Waals surface area contributed by atoms with Crippen molar-refractivity contribution >= 4 is 18.1 Å². The standard InChI is InChI=1S/C22H20N2O5/c1-26-18-14-19(27-2)24-22(23-18)29-17-11-7-10-16(20(17)21(25)28-3)13-12-15-8-5-4-6-9-15/h4-14H,1-3H3/b13-12+. The first-order valence-corrected chi connectivity index (χ1v) is 8.74. The summed E-state index contributed by atoms with van der Waals surface area (Å²) in [5, 5.41) is 0. The molecule has 0 aliphatic rings. The molecule has 7 heteroatoms. The zero-order chi connectivity index (χ0) is 20.6. The average Bonchev–Trinajstić information content (AvgIpc) is 2.77. The van der Waals surface area contributed by atoms with Gasteiger partial charge in [-0.15, -0.1) is 0 Å². The maximum atomic E-state index is 12.5. The number of rotatable bonds is 7. The second-order valence-electron chi connectivity index (χ2n) is 5.79. The lowest BCUT2D eigenvalue weighted by atomic mass is 10.0. The van der Waals surface area contributed by atoms with Crippen molar-refractivity contribution in [2.75, 3.05) is 21.3 Å². The maximum absolute atomic E-state index is 12.5. The Hall–Kier alpha value is -3.87. The van der Waals surface area contributed by atoms with Crippen LogP contribution in [-0.2, 0) is 4.74 Å². The molecule has 0 N–H and O–H groups in total. The highest BCUT2D eigenvalue weighted by atomic mass is 16.5. The fourth-order valence-corrected chi connectivity index (χ4v) is 2.58. The number of esters is 1. The van der Waals surface area contributed by atoms with Crippen molar-refractivity contribution in [2.24, 2.45) is 0 Å². The van der Waals surface area contributed by atoms with Gasteiger partial charge in [-0.1, -0.05) is 54.6 Å². The Labute approximate surface area is 168 Å². The van der Waals surface area contributed by atoms with Crippen molar-refractivity contribution in [1.82, 2.24) is 9.97 Å². The number of carbonyl (C=O) groups is 1. The molecule has 7 nitrogen and oxygen atoms in total. The van der Waals surface area contributed by atoms with Gasteiger partial charge in [-0.25, -0.2) is 4.79 Å². The molecule has 0 aliphatic carbocycles. The number of carbonyl (C=O) groups excluding carboxylic acids is 1. The number of benzene rings is 2. The minimum Gasteiger partial charge on any atom is -0.481 e. The summed E-state index contributed by atoms with van der Waals surface area (Å²) in [6.45, 7) is 0. The molecule has 0 saturated heterocycles. The summed E-state index contributed by atoms with van der Waals surface area (Å²) < 4.78 is 21.0. The summed E-state index contributed by atoms with van der Waals surface area (Å²) in [6, 6.07) is 16.5. The lowest BCUT2D eigenvalue weighted by molar-refractivity contribution is 0.0597. The molecule has 0 radical (unpaired) electrons. The normalized spacial score (nSPS) is 10.6. The Balaban J connectivity index is 2.01. The van der Waals surface area contributed by atoms with Crippen LogP contribution in [0.2, 0.25) is 0 Å². The molecule has 2 aromatic carbocycles. The van der Waals surface area contributed by atoms with E-state index in [1.807, 2.05) is 42.5 Å². The lowest BCUT2D eigenvalue weighted by Gasteiger charge is -2.12. The van der Waals surface area contributed by atoms with Gasteiger partial charge in [0.2, 0.25) is 11.8 Å². The van der Waals surface area contributed by atoms with Crippen LogP contribution in [0.25, 0.3) is 12.2 Å². The van der Waals surface area contributed by atoms with Crippen molar-refractivity contribution in [3.63, 3.8) is 0 Å². The average molecular weight is 392 g/mol. The largest absolute Gasteiger partial charge is 0.481 e. The van der Waals surface area contributed by atoms with E-state index >= 15 is 0 Å². The number of nitrogens with zero attached hydrogens (tertiary/aromatic N) is 2. The van der Waals surface area contributed by atoms with Gasteiger partial charge in [0, 0.05) is 0 Å². The predicted molar refractivity (Wildman–Crippen MR) is 108 cm³/mol. The van der Waals surface area contributed by atoms with Gasteiger partial charge in [-0.05, 0) is 17.2 Å². The Kier molecular flexibility index (Phi) is 6.42. The molecule has 148 valence electrons. The third-order valence-corrected chi connectivity index (χ3v) is 3.98. The van der Waals surface area contributed by atoms with Gasteiger partial charge >= 0.3 is 12.0 Å². The van der Waals surface area contributed by atoms with Crippen molar-refractivity contribution in [2.45, 2.75) is 0 Å². The van der Waals surface area contributed by atoms with E-state index in [2.05, 4.69) is 9.97 Å². The van der Waals surface area contributed by atoms with E-state index in [0.29, 0.717) is 5.56 Å². The van der Waals surface area contributed by atoms with Gasteiger partial charge in [-0.2, -0.15) is 9.97 Å². The number of aromatic nitrogens is 2. The monoisotopic (exact) mass is 392 g/mol. The molecule has 0 amide bonds. The quantitative estimate of drug-likeness (QED) is 0.439. The highest BCUT2D eigenvalue weighted by molar-refractivity contribution is 5.97. The lowest BCUT2D eigenvalue weighted by Crippen LogP contribution is -2.07. The number of hydrogen-bond donors (Lipinski definition) is 0. The smallest absolute Gasteiger partial charge is 0.342 e. The van der Waals surface area contributed by atoms with Crippen LogP contribution in [0, 0.1) is 0 Å². The summed E-state index contributed by atoms with van der Waals surface area (Å²) in [7, 11) is 4.26. The molecule has 0 fully saturated rings. The van der Waals surface area contributed by atoms with Crippen LogP contribution in [0.3, 0.4) is 0 Å². The molecule has 1 aromatic heterocycles. The minimum absolute atomic E-state index is 0.0180. The molecule has 0 aliphatic heterocycles. The molecule has 29 heavy (non-hydrogen) atoms. The van der Waals surface area contributed by atoms with E-state index in [4.69, 9.17) is 18.9 Å². The number of hydrogen-bond acceptors (Lipinski definition) is 7. The third kappa shape index (κ3) is 4.90. The van der Waals surface area contributed by atoms with Crippen molar-refractivity contribution < 1.29 is 23.7 Å². The molecular formula is C22H20N2O5. The second-order valence-corrected chi connectivity index (χ2v) is 5.79. The first-order valence-electron chi connectivity index (χ1n) is 8.74. The Morgan fingerprint density at radius 3 is 2.17 bits per heavy atom. The summed E-state index contributed by atoms with van der Waals surface area (Å²) >= 11 is 0. The van der Waals surface area contributed by atoms with E-state index in [0.717, 1.165) is 5.56 Å². The Morgan fingerprint density at radius 2 is 1.55 bits per heavy atom. The van der Waals surface area contributed by atoms with Gasteiger partial charge in [0.1, 0.15) is 11.3 Å². The summed E-state index contributed by atoms with van der Waals surface area (Å²) in [4.78, 5) is 20.8. The van der Waals surface area contributed by atoms with Crippen LogP contribution < -0.4 is 14.2 Å². The molecular weight excluding hydrogens is 372 g/mol. The van der Waals surface area contributed by atoms with Crippen molar-refractivity contribution in [3.8, 4) is 23.5 Å². The van der Waals surface area contributed by atoms with Crippen LogP contribution in [0.15, 0.2) is 54.6 Å². The molecule has 1 heterocycles. The van der Waals surface area contributed by atoms with Gasteiger partial charge in [-0.3, -0.25) is 0 Å². The van der Waals surface area contributed by atoms with E-state index in [9.17, 15) is 4.79 Å². The predicted octanol–water partition coefficient (Wildman–Crippen LogP) is 4.24. The third-order valence-electron chi connectivity index (χ3n) is 3.98. The van der Waals surface area contributed by atoms with Crippen molar-refractivity contribution in [3.05, 3.63) is 71.3 Å². The maximum Gasteiger partial charge on any atom is 0.342 e. The van der Waals surface area contributed by atoms with Crippen LogP contribution in [0.4, 0.5) is 0 Å². The van der Waals surface area contributed by atoms with E-state index in [1.165, 1.54) is 27.4 Å². The fraction of sp³-hybridized carbons (Fsp3) is 0.136. The summed E-state index contributed by atoms with van der Waals surface area (Å²) in [6.07, 6.45) is 3.72. The zero-order valence-corrected chi connectivity index (χ0v) is 16.3. The molecule has 0 saturated carbocycles. The molecule has 3 rings (SSSR count). The molecule has 3 aromatic rings.